The molecule has 0 aromatic heterocycles. The summed E-state index contributed by atoms with van der Waals surface area (Å²) >= 11 is 0. The van der Waals surface area contributed by atoms with Gasteiger partial charge in [-0.3, -0.25) is 14.9 Å². The molecule has 108 valence electrons. The van der Waals surface area contributed by atoms with Crippen molar-refractivity contribution in [1.82, 2.24) is 0 Å². The SMILES string of the molecule is COc1ccc(N2CCCC(C(=O)O)C2)c([N+](=O)[O-])c1. The van der Waals surface area contributed by atoms with Gasteiger partial charge < -0.3 is 14.7 Å². The average molecular weight is 280 g/mol. The molecule has 1 aromatic carbocycles. The summed E-state index contributed by atoms with van der Waals surface area (Å²) in [7, 11) is 1.44. The van der Waals surface area contributed by atoms with E-state index in [1.807, 2.05) is 0 Å². The molecular formula is C13H16N2O5. The summed E-state index contributed by atoms with van der Waals surface area (Å²) in [6.07, 6.45) is 1.32. The van der Waals surface area contributed by atoms with Crippen molar-refractivity contribution in [2.45, 2.75) is 12.8 Å². The molecule has 20 heavy (non-hydrogen) atoms. The van der Waals surface area contributed by atoms with Crippen molar-refractivity contribution in [3.8, 4) is 5.75 Å². The van der Waals surface area contributed by atoms with Gasteiger partial charge in [-0.05, 0) is 25.0 Å². The summed E-state index contributed by atoms with van der Waals surface area (Å²) < 4.78 is 4.99. The van der Waals surface area contributed by atoms with Crippen LogP contribution in [0.2, 0.25) is 0 Å². The molecule has 0 bridgehead atoms. The van der Waals surface area contributed by atoms with Crippen molar-refractivity contribution in [3.63, 3.8) is 0 Å². The molecule has 1 saturated heterocycles. The third kappa shape index (κ3) is 2.81. The van der Waals surface area contributed by atoms with E-state index >= 15 is 0 Å². The van der Waals surface area contributed by atoms with E-state index in [9.17, 15) is 14.9 Å². The Bertz CT molecular complexity index is 531. The highest BCUT2D eigenvalue weighted by atomic mass is 16.6. The molecule has 0 saturated carbocycles. The van der Waals surface area contributed by atoms with E-state index in [1.54, 1.807) is 17.0 Å². The zero-order valence-electron chi connectivity index (χ0n) is 11.1. The highest BCUT2D eigenvalue weighted by molar-refractivity contribution is 5.72. The fourth-order valence-electron chi connectivity index (χ4n) is 2.44. The average Bonchev–Trinajstić information content (AvgIpc) is 2.46. The van der Waals surface area contributed by atoms with Crippen molar-refractivity contribution in [2.24, 2.45) is 5.92 Å². The van der Waals surface area contributed by atoms with Crippen molar-refractivity contribution >= 4 is 17.3 Å². The molecule has 1 unspecified atom stereocenters. The smallest absolute Gasteiger partial charge is 0.308 e. The second kappa shape index (κ2) is 5.77. The van der Waals surface area contributed by atoms with Crippen LogP contribution in [0.15, 0.2) is 18.2 Å². The highest BCUT2D eigenvalue weighted by Crippen LogP contribution is 2.34. The second-order valence-electron chi connectivity index (χ2n) is 4.74. The molecule has 0 radical (unpaired) electrons. The summed E-state index contributed by atoms with van der Waals surface area (Å²) in [5, 5.41) is 20.2. The number of hydrogen-bond donors (Lipinski definition) is 1. The van der Waals surface area contributed by atoms with Gasteiger partial charge >= 0.3 is 5.97 Å². The number of carboxylic acids is 1. The number of carbonyl (C=O) groups is 1. The summed E-state index contributed by atoms with van der Waals surface area (Å²) in [6.45, 7) is 0.916. The maximum atomic E-state index is 11.2. The fourth-order valence-corrected chi connectivity index (χ4v) is 2.44. The maximum Gasteiger partial charge on any atom is 0.308 e. The van der Waals surface area contributed by atoms with Gasteiger partial charge in [-0.2, -0.15) is 0 Å². The van der Waals surface area contributed by atoms with Crippen molar-refractivity contribution < 1.29 is 19.6 Å². The number of rotatable bonds is 4. The number of aliphatic carboxylic acids is 1. The van der Waals surface area contributed by atoms with Crippen LogP contribution in [-0.4, -0.2) is 36.2 Å². The zero-order valence-corrected chi connectivity index (χ0v) is 11.1. The van der Waals surface area contributed by atoms with Crippen LogP contribution >= 0.6 is 0 Å². The Balaban J connectivity index is 2.31. The highest BCUT2D eigenvalue weighted by Gasteiger charge is 2.29. The van der Waals surface area contributed by atoms with Crippen LogP contribution in [0, 0.1) is 16.0 Å². The van der Waals surface area contributed by atoms with Gasteiger partial charge in [-0.1, -0.05) is 0 Å². The van der Waals surface area contributed by atoms with E-state index in [4.69, 9.17) is 9.84 Å². The van der Waals surface area contributed by atoms with Crippen LogP contribution in [-0.2, 0) is 4.79 Å². The minimum absolute atomic E-state index is 0.0598. The van der Waals surface area contributed by atoms with Gasteiger partial charge in [0.1, 0.15) is 11.4 Å². The first-order valence-electron chi connectivity index (χ1n) is 6.33. The molecule has 1 heterocycles. The Kier molecular flexibility index (Phi) is 4.07. The van der Waals surface area contributed by atoms with Crippen LogP contribution in [0.4, 0.5) is 11.4 Å². The molecule has 1 N–H and O–H groups in total. The third-order valence-corrected chi connectivity index (χ3v) is 3.49. The van der Waals surface area contributed by atoms with Crippen LogP contribution < -0.4 is 9.64 Å². The second-order valence-corrected chi connectivity index (χ2v) is 4.74. The molecule has 1 aliphatic rings. The minimum Gasteiger partial charge on any atom is -0.496 e. The third-order valence-electron chi connectivity index (χ3n) is 3.49. The summed E-state index contributed by atoms with van der Waals surface area (Å²) in [6, 6.07) is 4.62. The van der Waals surface area contributed by atoms with Crippen LogP contribution in [0.25, 0.3) is 0 Å². The summed E-state index contributed by atoms with van der Waals surface area (Å²) in [5.41, 5.74) is 0.386. The first-order chi connectivity index (χ1) is 9.52. The zero-order chi connectivity index (χ0) is 14.7. The molecule has 1 aliphatic heterocycles. The number of hydrogen-bond acceptors (Lipinski definition) is 5. The molecule has 0 spiro atoms. The molecule has 0 aliphatic carbocycles. The number of ether oxygens (including phenoxy) is 1. The lowest BCUT2D eigenvalue weighted by Crippen LogP contribution is -2.38. The molecular weight excluding hydrogens is 264 g/mol. The van der Waals surface area contributed by atoms with Gasteiger partial charge in [-0.15, -0.1) is 0 Å². The Hall–Kier alpha value is -2.31. The number of carboxylic acid groups (broad SMARTS) is 1. The number of benzene rings is 1. The summed E-state index contributed by atoms with van der Waals surface area (Å²) in [5.74, 6) is -0.927. The monoisotopic (exact) mass is 280 g/mol. The minimum atomic E-state index is -0.856. The Morgan fingerprint density at radius 2 is 2.30 bits per heavy atom. The number of nitro groups is 1. The lowest BCUT2D eigenvalue weighted by Gasteiger charge is -2.32. The van der Waals surface area contributed by atoms with Crippen LogP contribution in [0.3, 0.4) is 0 Å². The Labute approximate surface area is 115 Å². The lowest BCUT2D eigenvalue weighted by molar-refractivity contribution is -0.384. The molecule has 1 aromatic rings. The molecule has 7 heteroatoms. The van der Waals surface area contributed by atoms with Gasteiger partial charge in [-0.25, -0.2) is 0 Å². The topological polar surface area (TPSA) is 92.9 Å². The predicted molar refractivity (Wildman–Crippen MR) is 72.2 cm³/mol. The lowest BCUT2D eigenvalue weighted by atomic mass is 9.97. The first-order valence-corrected chi connectivity index (χ1v) is 6.33. The Morgan fingerprint density at radius 3 is 2.90 bits per heavy atom. The quantitative estimate of drug-likeness (QED) is 0.669. The van der Waals surface area contributed by atoms with E-state index in [-0.39, 0.29) is 5.69 Å². The van der Waals surface area contributed by atoms with Gasteiger partial charge in [0.2, 0.25) is 0 Å². The van der Waals surface area contributed by atoms with E-state index in [1.165, 1.54) is 13.2 Å². The number of nitrogens with zero attached hydrogens (tertiary/aromatic N) is 2. The molecule has 1 atom stereocenters. The van der Waals surface area contributed by atoms with Crippen LogP contribution in [0.5, 0.6) is 5.75 Å². The van der Waals surface area contributed by atoms with E-state index in [0.29, 0.717) is 37.4 Å². The molecule has 2 rings (SSSR count). The van der Waals surface area contributed by atoms with Crippen LogP contribution in [0.1, 0.15) is 12.8 Å². The number of methoxy groups -OCH3 is 1. The largest absolute Gasteiger partial charge is 0.496 e. The fraction of sp³-hybridized carbons (Fsp3) is 0.462. The molecule has 1 fully saturated rings. The van der Waals surface area contributed by atoms with Crippen molar-refractivity contribution in [2.75, 3.05) is 25.1 Å². The number of anilines is 1. The van der Waals surface area contributed by atoms with Gasteiger partial charge in [0.05, 0.1) is 24.0 Å². The van der Waals surface area contributed by atoms with Gasteiger partial charge in [0.15, 0.2) is 0 Å². The number of piperidine rings is 1. The van der Waals surface area contributed by atoms with E-state index in [2.05, 4.69) is 0 Å². The van der Waals surface area contributed by atoms with Gasteiger partial charge in [0.25, 0.3) is 5.69 Å². The Morgan fingerprint density at radius 1 is 1.55 bits per heavy atom. The van der Waals surface area contributed by atoms with Crippen molar-refractivity contribution in [1.29, 1.82) is 0 Å². The standard InChI is InChI=1S/C13H16N2O5/c1-20-10-4-5-11(12(7-10)15(18)19)14-6-2-3-9(8-14)13(16)17/h4-5,7,9H,2-3,6,8H2,1H3,(H,16,17). The van der Waals surface area contributed by atoms with Crippen molar-refractivity contribution in [3.05, 3.63) is 28.3 Å². The van der Waals surface area contributed by atoms with E-state index < -0.39 is 16.8 Å². The van der Waals surface area contributed by atoms with E-state index in [0.717, 1.165) is 0 Å². The molecule has 7 nitrogen and oxygen atoms in total. The van der Waals surface area contributed by atoms with Gasteiger partial charge in [0, 0.05) is 13.1 Å². The number of nitro benzene ring substituents is 1. The normalized spacial score (nSPS) is 18.6. The maximum absolute atomic E-state index is 11.2. The molecule has 0 amide bonds. The first kappa shape index (κ1) is 14.1. The summed E-state index contributed by atoms with van der Waals surface area (Å²) in [4.78, 5) is 23.5. The predicted octanol–water partition coefficient (Wildman–Crippen LogP) is 1.90.